The number of benzene rings is 1. The molecule has 1 aromatic carbocycles. The minimum absolute atomic E-state index is 0.00108. The quantitative estimate of drug-likeness (QED) is 0.804. The maximum atomic E-state index is 11.3. The Morgan fingerprint density at radius 1 is 1.31 bits per heavy atom. The molecule has 1 aliphatic heterocycles. The van der Waals surface area contributed by atoms with Gasteiger partial charge in [0, 0.05) is 6.42 Å². The first-order valence-corrected chi connectivity index (χ1v) is 5.50. The van der Waals surface area contributed by atoms with E-state index in [0.717, 1.165) is 5.84 Å². The van der Waals surface area contributed by atoms with Gasteiger partial charge in [-0.15, -0.1) is 0 Å². The van der Waals surface area contributed by atoms with E-state index in [1.165, 1.54) is 16.7 Å². The third-order valence-electron chi connectivity index (χ3n) is 2.94. The second kappa shape index (κ2) is 4.08. The second-order valence-electron chi connectivity index (χ2n) is 4.34. The SMILES string of the molecule is Cc1ccc(CC2=NC(C)C(=O)N2)cc1C. The van der Waals surface area contributed by atoms with Gasteiger partial charge < -0.3 is 5.32 Å². The van der Waals surface area contributed by atoms with Crippen LogP contribution in [0.3, 0.4) is 0 Å². The monoisotopic (exact) mass is 216 g/mol. The van der Waals surface area contributed by atoms with Crippen LogP contribution < -0.4 is 5.32 Å². The van der Waals surface area contributed by atoms with E-state index in [4.69, 9.17) is 0 Å². The fourth-order valence-electron chi connectivity index (χ4n) is 1.77. The van der Waals surface area contributed by atoms with Crippen molar-refractivity contribution in [2.75, 3.05) is 0 Å². The number of aryl methyl sites for hydroxylation is 2. The van der Waals surface area contributed by atoms with Crippen LogP contribution in [-0.4, -0.2) is 17.8 Å². The van der Waals surface area contributed by atoms with Crippen molar-refractivity contribution in [3.8, 4) is 0 Å². The molecule has 0 saturated heterocycles. The first-order chi connectivity index (χ1) is 7.56. The van der Waals surface area contributed by atoms with Crippen molar-refractivity contribution >= 4 is 11.7 Å². The minimum Gasteiger partial charge on any atom is -0.312 e. The predicted molar refractivity (Wildman–Crippen MR) is 64.7 cm³/mol. The smallest absolute Gasteiger partial charge is 0.249 e. The Kier molecular flexibility index (Phi) is 2.77. The molecule has 1 atom stereocenters. The highest BCUT2D eigenvalue weighted by molar-refractivity contribution is 6.06. The normalized spacial score (nSPS) is 19.6. The number of amides is 1. The van der Waals surface area contributed by atoms with Crippen LogP contribution in [0.5, 0.6) is 0 Å². The summed E-state index contributed by atoms with van der Waals surface area (Å²) in [5, 5.41) is 2.80. The van der Waals surface area contributed by atoms with Crippen molar-refractivity contribution in [2.45, 2.75) is 33.2 Å². The summed E-state index contributed by atoms with van der Waals surface area (Å²) in [7, 11) is 0. The second-order valence-corrected chi connectivity index (χ2v) is 4.34. The number of carbonyl (C=O) groups excluding carboxylic acids is 1. The Balaban J connectivity index is 2.13. The first kappa shape index (κ1) is 10.9. The largest absolute Gasteiger partial charge is 0.312 e. The maximum absolute atomic E-state index is 11.3. The van der Waals surface area contributed by atoms with Crippen LogP contribution in [0.2, 0.25) is 0 Å². The average Bonchev–Trinajstić information content (AvgIpc) is 2.52. The zero-order valence-corrected chi connectivity index (χ0v) is 9.87. The first-order valence-electron chi connectivity index (χ1n) is 5.50. The standard InChI is InChI=1S/C13H16N2O/c1-8-4-5-11(6-9(8)2)7-12-14-10(3)13(16)15-12/h4-6,10H,7H2,1-3H3,(H,14,15,16). The zero-order valence-electron chi connectivity index (χ0n) is 9.87. The average molecular weight is 216 g/mol. The number of rotatable bonds is 2. The summed E-state index contributed by atoms with van der Waals surface area (Å²) >= 11 is 0. The Morgan fingerprint density at radius 2 is 2.06 bits per heavy atom. The van der Waals surface area contributed by atoms with Gasteiger partial charge in [0.15, 0.2) is 0 Å². The molecule has 1 aliphatic rings. The third kappa shape index (κ3) is 2.13. The summed E-state index contributed by atoms with van der Waals surface area (Å²) in [6.07, 6.45) is 0.706. The van der Waals surface area contributed by atoms with Crippen molar-refractivity contribution in [1.82, 2.24) is 5.32 Å². The number of hydrogen-bond donors (Lipinski definition) is 1. The van der Waals surface area contributed by atoms with Crippen LogP contribution in [0.15, 0.2) is 23.2 Å². The van der Waals surface area contributed by atoms with Crippen LogP contribution in [0.4, 0.5) is 0 Å². The van der Waals surface area contributed by atoms with E-state index in [1.54, 1.807) is 0 Å². The summed E-state index contributed by atoms with van der Waals surface area (Å²) in [4.78, 5) is 15.5. The highest BCUT2D eigenvalue weighted by Gasteiger charge is 2.21. The molecule has 0 aromatic heterocycles. The van der Waals surface area contributed by atoms with E-state index in [1.807, 2.05) is 6.92 Å². The Morgan fingerprint density at radius 3 is 2.62 bits per heavy atom. The van der Waals surface area contributed by atoms with Gasteiger partial charge in [-0.2, -0.15) is 0 Å². The minimum atomic E-state index is -0.235. The number of aliphatic imine (C=N–C) groups is 1. The molecule has 0 saturated carbocycles. The molecule has 3 nitrogen and oxygen atoms in total. The molecule has 1 aromatic rings. The van der Waals surface area contributed by atoms with E-state index >= 15 is 0 Å². The van der Waals surface area contributed by atoms with E-state index in [-0.39, 0.29) is 11.9 Å². The Hall–Kier alpha value is -1.64. The molecule has 1 N–H and O–H groups in total. The fourth-order valence-corrected chi connectivity index (χ4v) is 1.77. The molecule has 0 aliphatic carbocycles. The Labute approximate surface area is 95.6 Å². The van der Waals surface area contributed by atoms with Gasteiger partial charge in [-0.05, 0) is 37.5 Å². The molecular formula is C13H16N2O. The number of nitrogens with one attached hydrogen (secondary N) is 1. The molecule has 0 spiro atoms. The number of carbonyl (C=O) groups is 1. The lowest BCUT2D eigenvalue weighted by Gasteiger charge is -2.05. The van der Waals surface area contributed by atoms with E-state index in [9.17, 15) is 4.79 Å². The van der Waals surface area contributed by atoms with Gasteiger partial charge in [0.05, 0.1) is 0 Å². The summed E-state index contributed by atoms with van der Waals surface area (Å²) in [5.41, 5.74) is 3.75. The van der Waals surface area contributed by atoms with Gasteiger partial charge in [0.1, 0.15) is 11.9 Å². The molecule has 16 heavy (non-hydrogen) atoms. The maximum Gasteiger partial charge on any atom is 0.249 e. The van der Waals surface area contributed by atoms with Gasteiger partial charge in [0.2, 0.25) is 5.91 Å². The van der Waals surface area contributed by atoms with E-state index in [0.29, 0.717) is 6.42 Å². The van der Waals surface area contributed by atoms with Crippen molar-refractivity contribution in [3.63, 3.8) is 0 Å². The third-order valence-corrected chi connectivity index (χ3v) is 2.94. The fraction of sp³-hybridized carbons (Fsp3) is 0.385. The van der Waals surface area contributed by atoms with Crippen LogP contribution in [0.25, 0.3) is 0 Å². The molecule has 2 rings (SSSR count). The van der Waals surface area contributed by atoms with Crippen molar-refractivity contribution in [3.05, 3.63) is 34.9 Å². The molecule has 84 valence electrons. The van der Waals surface area contributed by atoms with Crippen LogP contribution in [-0.2, 0) is 11.2 Å². The highest BCUT2D eigenvalue weighted by Crippen LogP contribution is 2.12. The van der Waals surface area contributed by atoms with E-state index in [2.05, 4.69) is 42.4 Å². The van der Waals surface area contributed by atoms with Crippen molar-refractivity contribution in [1.29, 1.82) is 0 Å². The molecule has 1 heterocycles. The summed E-state index contributed by atoms with van der Waals surface area (Å²) in [5.74, 6) is 0.777. The molecule has 0 radical (unpaired) electrons. The molecular weight excluding hydrogens is 200 g/mol. The molecule has 3 heteroatoms. The Bertz CT molecular complexity index is 463. The number of amidine groups is 1. The summed E-state index contributed by atoms with van der Waals surface area (Å²) in [6.45, 7) is 6.00. The predicted octanol–water partition coefficient (Wildman–Crippen LogP) is 1.76. The van der Waals surface area contributed by atoms with E-state index < -0.39 is 0 Å². The van der Waals surface area contributed by atoms with Gasteiger partial charge in [-0.25, -0.2) is 0 Å². The molecule has 1 amide bonds. The van der Waals surface area contributed by atoms with Gasteiger partial charge in [0.25, 0.3) is 0 Å². The van der Waals surface area contributed by atoms with Crippen LogP contribution in [0, 0.1) is 13.8 Å². The lowest BCUT2D eigenvalue weighted by molar-refractivity contribution is -0.119. The van der Waals surface area contributed by atoms with Crippen LogP contribution >= 0.6 is 0 Å². The number of hydrogen-bond acceptors (Lipinski definition) is 2. The lowest BCUT2D eigenvalue weighted by atomic mass is 10.0. The van der Waals surface area contributed by atoms with Gasteiger partial charge >= 0.3 is 0 Å². The summed E-state index contributed by atoms with van der Waals surface area (Å²) < 4.78 is 0. The van der Waals surface area contributed by atoms with Crippen LogP contribution in [0.1, 0.15) is 23.6 Å². The summed E-state index contributed by atoms with van der Waals surface area (Å²) in [6, 6.07) is 6.10. The molecule has 0 bridgehead atoms. The van der Waals surface area contributed by atoms with Crippen molar-refractivity contribution in [2.24, 2.45) is 4.99 Å². The van der Waals surface area contributed by atoms with Crippen molar-refractivity contribution < 1.29 is 4.79 Å². The topological polar surface area (TPSA) is 41.5 Å². The van der Waals surface area contributed by atoms with Gasteiger partial charge in [-0.3, -0.25) is 9.79 Å². The number of nitrogens with zero attached hydrogens (tertiary/aromatic N) is 1. The lowest BCUT2D eigenvalue weighted by Crippen LogP contribution is -2.28. The molecule has 0 fully saturated rings. The highest BCUT2D eigenvalue weighted by atomic mass is 16.2. The molecule has 1 unspecified atom stereocenters. The zero-order chi connectivity index (χ0) is 11.7. The van der Waals surface area contributed by atoms with Gasteiger partial charge in [-0.1, -0.05) is 18.2 Å².